The van der Waals surface area contributed by atoms with Gasteiger partial charge in [0, 0.05) is 13.1 Å². The number of carbonyl (C=O) groups is 1. The lowest BCUT2D eigenvalue weighted by atomic mass is 10.2. The van der Waals surface area contributed by atoms with E-state index < -0.39 is 0 Å². The van der Waals surface area contributed by atoms with E-state index in [2.05, 4.69) is 6.92 Å². The molecular weight excluding hydrogens is 198 g/mol. The minimum Gasteiger partial charge on any atom is -0.395 e. The summed E-state index contributed by atoms with van der Waals surface area (Å²) in [5.74, 6) is 1.33. The SMILES string of the molecule is CCCN(CCO)C(=O)C1CCCS1. The quantitative estimate of drug-likeness (QED) is 0.750. The van der Waals surface area contributed by atoms with Crippen molar-refractivity contribution in [2.24, 2.45) is 0 Å². The maximum absolute atomic E-state index is 11.9. The topological polar surface area (TPSA) is 40.5 Å². The van der Waals surface area contributed by atoms with E-state index in [1.54, 1.807) is 16.7 Å². The first-order valence-corrected chi connectivity index (χ1v) is 6.35. The Morgan fingerprint density at radius 3 is 2.86 bits per heavy atom. The predicted molar refractivity (Wildman–Crippen MR) is 59.4 cm³/mol. The third kappa shape index (κ3) is 3.17. The summed E-state index contributed by atoms with van der Waals surface area (Å²) in [5.41, 5.74) is 0. The molecule has 0 aromatic carbocycles. The molecule has 0 aromatic heterocycles. The molecule has 1 fully saturated rings. The van der Waals surface area contributed by atoms with Gasteiger partial charge in [-0.25, -0.2) is 0 Å². The highest BCUT2D eigenvalue weighted by Crippen LogP contribution is 2.27. The monoisotopic (exact) mass is 217 g/mol. The summed E-state index contributed by atoms with van der Waals surface area (Å²) in [6.07, 6.45) is 3.12. The van der Waals surface area contributed by atoms with Gasteiger partial charge in [-0.3, -0.25) is 4.79 Å². The number of carbonyl (C=O) groups excluding carboxylic acids is 1. The fourth-order valence-electron chi connectivity index (χ4n) is 1.70. The number of aliphatic hydroxyl groups excluding tert-OH is 1. The third-order valence-corrected chi connectivity index (χ3v) is 3.74. The average molecular weight is 217 g/mol. The smallest absolute Gasteiger partial charge is 0.235 e. The molecule has 0 aromatic rings. The van der Waals surface area contributed by atoms with Crippen LogP contribution in [-0.2, 0) is 4.79 Å². The zero-order valence-electron chi connectivity index (χ0n) is 8.74. The van der Waals surface area contributed by atoms with Gasteiger partial charge in [-0.1, -0.05) is 6.92 Å². The molecular formula is C10H19NO2S. The molecule has 0 saturated carbocycles. The van der Waals surface area contributed by atoms with Crippen molar-refractivity contribution < 1.29 is 9.90 Å². The van der Waals surface area contributed by atoms with Crippen LogP contribution in [0.4, 0.5) is 0 Å². The van der Waals surface area contributed by atoms with Gasteiger partial charge in [0.05, 0.1) is 11.9 Å². The number of thioether (sulfide) groups is 1. The van der Waals surface area contributed by atoms with Crippen molar-refractivity contribution in [3.63, 3.8) is 0 Å². The highest BCUT2D eigenvalue weighted by atomic mass is 32.2. The lowest BCUT2D eigenvalue weighted by molar-refractivity contribution is -0.131. The molecule has 14 heavy (non-hydrogen) atoms. The Balaban J connectivity index is 2.43. The highest BCUT2D eigenvalue weighted by Gasteiger charge is 2.26. The van der Waals surface area contributed by atoms with E-state index in [1.807, 2.05) is 0 Å². The number of nitrogens with zero attached hydrogens (tertiary/aromatic N) is 1. The van der Waals surface area contributed by atoms with Gasteiger partial charge >= 0.3 is 0 Å². The van der Waals surface area contributed by atoms with Crippen LogP contribution >= 0.6 is 11.8 Å². The molecule has 1 N–H and O–H groups in total. The zero-order chi connectivity index (χ0) is 10.4. The molecule has 1 aliphatic heterocycles. The predicted octanol–water partition coefficient (Wildman–Crippen LogP) is 1.11. The van der Waals surface area contributed by atoms with Crippen molar-refractivity contribution in [3.05, 3.63) is 0 Å². The molecule has 1 rings (SSSR count). The van der Waals surface area contributed by atoms with Crippen LogP contribution in [0.1, 0.15) is 26.2 Å². The largest absolute Gasteiger partial charge is 0.395 e. The first kappa shape index (κ1) is 11.9. The van der Waals surface area contributed by atoms with Gasteiger partial charge in [-0.2, -0.15) is 0 Å². The van der Waals surface area contributed by atoms with Crippen molar-refractivity contribution in [3.8, 4) is 0 Å². The second-order valence-corrected chi connectivity index (χ2v) is 4.86. The van der Waals surface area contributed by atoms with E-state index >= 15 is 0 Å². The number of rotatable bonds is 5. The van der Waals surface area contributed by atoms with E-state index in [-0.39, 0.29) is 17.8 Å². The summed E-state index contributed by atoms with van der Waals surface area (Å²) in [6.45, 7) is 3.39. The summed E-state index contributed by atoms with van der Waals surface area (Å²) < 4.78 is 0. The van der Waals surface area contributed by atoms with Crippen molar-refractivity contribution in [1.82, 2.24) is 4.90 Å². The van der Waals surface area contributed by atoms with Gasteiger partial charge in [0.2, 0.25) is 5.91 Å². The summed E-state index contributed by atoms with van der Waals surface area (Å²) in [4.78, 5) is 13.7. The fourth-order valence-corrected chi connectivity index (χ4v) is 2.94. The first-order valence-electron chi connectivity index (χ1n) is 5.30. The Kier molecular flexibility index (Phi) is 5.33. The normalized spacial score (nSPS) is 21.1. The highest BCUT2D eigenvalue weighted by molar-refractivity contribution is 8.00. The molecule has 82 valence electrons. The maximum atomic E-state index is 11.9. The number of hydrogen-bond acceptors (Lipinski definition) is 3. The molecule has 1 heterocycles. The van der Waals surface area contributed by atoms with Crippen LogP contribution in [0, 0.1) is 0 Å². The molecule has 0 spiro atoms. The van der Waals surface area contributed by atoms with Gasteiger partial charge in [-0.05, 0) is 25.0 Å². The van der Waals surface area contributed by atoms with Crippen molar-refractivity contribution in [2.45, 2.75) is 31.4 Å². The molecule has 0 radical (unpaired) electrons. The van der Waals surface area contributed by atoms with Gasteiger partial charge in [-0.15, -0.1) is 11.8 Å². The van der Waals surface area contributed by atoms with Crippen molar-refractivity contribution in [1.29, 1.82) is 0 Å². The minimum atomic E-state index is 0.0725. The molecule has 1 aliphatic rings. The second kappa shape index (κ2) is 6.30. The van der Waals surface area contributed by atoms with Crippen LogP contribution in [0.3, 0.4) is 0 Å². The second-order valence-electron chi connectivity index (χ2n) is 3.55. The van der Waals surface area contributed by atoms with Crippen molar-refractivity contribution >= 4 is 17.7 Å². The van der Waals surface area contributed by atoms with Crippen LogP contribution in [0.5, 0.6) is 0 Å². The molecule has 1 atom stereocenters. The van der Waals surface area contributed by atoms with Gasteiger partial charge in [0.25, 0.3) is 0 Å². The molecule has 1 saturated heterocycles. The molecule has 3 nitrogen and oxygen atoms in total. The van der Waals surface area contributed by atoms with Gasteiger partial charge in [0.15, 0.2) is 0 Å². The zero-order valence-corrected chi connectivity index (χ0v) is 9.55. The molecule has 0 aliphatic carbocycles. The lowest BCUT2D eigenvalue weighted by Crippen LogP contribution is -2.39. The summed E-state index contributed by atoms with van der Waals surface area (Å²) in [5, 5.41) is 9.01. The van der Waals surface area contributed by atoms with Crippen LogP contribution in [0.2, 0.25) is 0 Å². The molecule has 1 amide bonds. The minimum absolute atomic E-state index is 0.0725. The molecule has 1 unspecified atom stereocenters. The molecule has 4 heteroatoms. The van der Waals surface area contributed by atoms with E-state index in [4.69, 9.17) is 5.11 Å². The number of aliphatic hydroxyl groups is 1. The Hall–Kier alpha value is -0.220. The average Bonchev–Trinajstić information content (AvgIpc) is 2.69. The van der Waals surface area contributed by atoms with E-state index in [9.17, 15) is 4.79 Å². The number of hydrogen-bond donors (Lipinski definition) is 1. The van der Waals surface area contributed by atoms with Crippen LogP contribution < -0.4 is 0 Å². The van der Waals surface area contributed by atoms with Gasteiger partial charge in [0.1, 0.15) is 0 Å². The third-order valence-electron chi connectivity index (χ3n) is 2.38. The van der Waals surface area contributed by atoms with Gasteiger partial charge < -0.3 is 10.0 Å². The summed E-state index contributed by atoms with van der Waals surface area (Å²) >= 11 is 1.76. The maximum Gasteiger partial charge on any atom is 0.235 e. The van der Waals surface area contributed by atoms with Crippen LogP contribution in [0.25, 0.3) is 0 Å². The standard InChI is InChI=1S/C10H19NO2S/c1-2-5-11(6-7-12)10(13)9-4-3-8-14-9/h9,12H,2-8H2,1H3. The van der Waals surface area contributed by atoms with Crippen LogP contribution in [-0.4, -0.2) is 46.6 Å². The van der Waals surface area contributed by atoms with E-state index in [0.717, 1.165) is 31.6 Å². The fraction of sp³-hybridized carbons (Fsp3) is 0.900. The van der Waals surface area contributed by atoms with E-state index in [0.29, 0.717) is 6.54 Å². The summed E-state index contributed by atoms with van der Waals surface area (Å²) in [7, 11) is 0. The Morgan fingerprint density at radius 2 is 2.36 bits per heavy atom. The molecule has 0 bridgehead atoms. The summed E-state index contributed by atoms with van der Waals surface area (Å²) in [6, 6.07) is 0. The van der Waals surface area contributed by atoms with Crippen LogP contribution in [0.15, 0.2) is 0 Å². The van der Waals surface area contributed by atoms with E-state index in [1.165, 1.54) is 0 Å². The Morgan fingerprint density at radius 1 is 1.57 bits per heavy atom. The van der Waals surface area contributed by atoms with Crippen molar-refractivity contribution in [2.75, 3.05) is 25.4 Å². The number of amides is 1. The Bertz CT molecular complexity index is 175. The lowest BCUT2D eigenvalue weighted by Gasteiger charge is -2.23. The Labute approximate surface area is 89.9 Å². The first-order chi connectivity index (χ1) is 6.79.